The average Bonchev–Trinajstić information content (AvgIpc) is 3.15. The number of nitrogens with zero attached hydrogens (tertiary/aromatic N) is 4. The van der Waals surface area contributed by atoms with Crippen molar-refractivity contribution in [2.24, 2.45) is 5.92 Å². The van der Waals surface area contributed by atoms with Gasteiger partial charge in [0.2, 0.25) is 17.6 Å². The van der Waals surface area contributed by atoms with E-state index in [1.165, 1.54) is 4.90 Å². The van der Waals surface area contributed by atoms with Crippen LogP contribution in [0, 0.1) is 5.92 Å². The lowest BCUT2D eigenvalue weighted by Crippen LogP contribution is -2.38. The number of anilines is 1. The van der Waals surface area contributed by atoms with E-state index in [4.69, 9.17) is 23.2 Å². The largest absolute Gasteiger partial charge is 0.451 e. The minimum atomic E-state index is -5.17. The standard InChI is InChI=1S/C25H27Cl2F6N5/c1-13(5-4-9-23(2,3)27)11-18-19-15(16-12-14(26)6-7-17(16)34-19)8-10-38(18)22-36-20(24(28,29)30)35-21(37-22)25(31,32)33/h6-7,12-13,18,34H,4-5,8-11H2,1-3H3/t13?,18-/m0/s1. The Morgan fingerprint density at radius 2 is 1.68 bits per heavy atom. The summed E-state index contributed by atoms with van der Waals surface area (Å²) in [6.45, 7) is 5.96. The van der Waals surface area contributed by atoms with Crippen molar-refractivity contribution in [3.8, 4) is 0 Å². The highest BCUT2D eigenvalue weighted by Crippen LogP contribution is 2.42. The van der Waals surface area contributed by atoms with Gasteiger partial charge in [0.05, 0.1) is 6.04 Å². The van der Waals surface area contributed by atoms with E-state index in [1.54, 1.807) is 18.2 Å². The molecular formula is C25H27Cl2F6N5. The van der Waals surface area contributed by atoms with Crippen molar-refractivity contribution in [1.29, 1.82) is 0 Å². The van der Waals surface area contributed by atoms with Crippen LogP contribution in [0.4, 0.5) is 32.3 Å². The molecule has 2 atom stereocenters. The fourth-order valence-electron chi connectivity index (χ4n) is 4.94. The van der Waals surface area contributed by atoms with Gasteiger partial charge < -0.3 is 9.88 Å². The monoisotopic (exact) mass is 581 g/mol. The molecule has 0 spiro atoms. The molecule has 0 saturated heterocycles. The third kappa shape index (κ3) is 6.47. The molecule has 0 amide bonds. The summed E-state index contributed by atoms with van der Waals surface area (Å²) in [5, 5.41) is 1.40. The van der Waals surface area contributed by atoms with Crippen LogP contribution in [0.5, 0.6) is 0 Å². The predicted octanol–water partition coefficient (Wildman–Crippen LogP) is 8.36. The Morgan fingerprint density at radius 3 is 2.26 bits per heavy atom. The fourth-order valence-corrected chi connectivity index (χ4v) is 5.25. The number of aromatic nitrogens is 4. The number of alkyl halides is 7. The van der Waals surface area contributed by atoms with Gasteiger partial charge in [0.1, 0.15) is 0 Å². The maximum atomic E-state index is 13.5. The summed E-state index contributed by atoms with van der Waals surface area (Å²) in [5.41, 5.74) is 2.42. The van der Waals surface area contributed by atoms with Crippen molar-refractivity contribution in [2.75, 3.05) is 11.4 Å². The third-order valence-corrected chi connectivity index (χ3v) is 7.12. The second-order valence-electron chi connectivity index (χ2n) is 10.4. The maximum Gasteiger partial charge on any atom is 0.451 e. The molecule has 0 bridgehead atoms. The maximum absolute atomic E-state index is 13.5. The molecule has 1 N–H and O–H groups in total. The van der Waals surface area contributed by atoms with E-state index in [1.807, 2.05) is 20.8 Å². The van der Waals surface area contributed by atoms with Crippen LogP contribution in [0.2, 0.25) is 5.02 Å². The van der Waals surface area contributed by atoms with Crippen molar-refractivity contribution < 1.29 is 26.3 Å². The molecule has 0 saturated carbocycles. The van der Waals surface area contributed by atoms with Crippen molar-refractivity contribution in [1.82, 2.24) is 19.9 Å². The number of fused-ring (bicyclic) bond motifs is 3. The molecule has 208 valence electrons. The fraction of sp³-hybridized carbons (Fsp3) is 0.560. The van der Waals surface area contributed by atoms with E-state index in [2.05, 4.69) is 19.9 Å². The van der Waals surface area contributed by atoms with Crippen LogP contribution in [0.25, 0.3) is 10.9 Å². The van der Waals surface area contributed by atoms with Crippen molar-refractivity contribution >= 4 is 40.1 Å². The molecule has 0 fully saturated rings. The Balaban J connectivity index is 1.77. The predicted molar refractivity (Wildman–Crippen MR) is 134 cm³/mol. The van der Waals surface area contributed by atoms with Gasteiger partial charge in [-0.1, -0.05) is 31.4 Å². The second-order valence-corrected chi connectivity index (χ2v) is 11.9. The van der Waals surface area contributed by atoms with Crippen LogP contribution in [0.1, 0.15) is 75.4 Å². The topological polar surface area (TPSA) is 57.7 Å². The van der Waals surface area contributed by atoms with E-state index in [0.29, 0.717) is 23.6 Å². The van der Waals surface area contributed by atoms with Crippen molar-refractivity contribution in [2.45, 2.75) is 76.1 Å². The van der Waals surface area contributed by atoms with E-state index < -0.39 is 36.0 Å². The van der Waals surface area contributed by atoms with Crippen molar-refractivity contribution in [3.05, 3.63) is 46.1 Å². The molecule has 5 nitrogen and oxygen atoms in total. The molecule has 1 aliphatic heterocycles. The normalized spacial score (nSPS) is 17.7. The van der Waals surface area contributed by atoms with Gasteiger partial charge in [-0.3, -0.25) is 0 Å². The number of hydrogen-bond donors (Lipinski definition) is 1. The lowest BCUT2D eigenvalue weighted by molar-refractivity contribution is -0.155. The number of H-pyrrole nitrogens is 1. The Hall–Kier alpha value is -2.27. The molecule has 4 rings (SSSR count). The van der Waals surface area contributed by atoms with Crippen molar-refractivity contribution in [3.63, 3.8) is 0 Å². The summed E-state index contributed by atoms with van der Waals surface area (Å²) in [4.78, 5) is 14.0. The molecule has 0 radical (unpaired) electrons. The minimum absolute atomic E-state index is 0.0773. The van der Waals surface area contributed by atoms with Crippen LogP contribution < -0.4 is 4.90 Å². The Labute approximate surface area is 226 Å². The number of hydrogen-bond acceptors (Lipinski definition) is 4. The molecule has 3 heterocycles. The molecule has 1 aromatic carbocycles. The first-order chi connectivity index (χ1) is 17.5. The van der Waals surface area contributed by atoms with E-state index in [9.17, 15) is 26.3 Å². The summed E-state index contributed by atoms with van der Waals surface area (Å²) in [6, 6.07) is 4.73. The first-order valence-electron chi connectivity index (χ1n) is 12.2. The molecule has 1 aliphatic rings. The van der Waals surface area contributed by atoms with Gasteiger partial charge in [0.15, 0.2) is 0 Å². The number of halogens is 8. The third-order valence-electron chi connectivity index (χ3n) is 6.69. The van der Waals surface area contributed by atoms with Gasteiger partial charge in [-0.2, -0.15) is 36.3 Å². The molecule has 13 heteroatoms. The van der Waals surface area contributed by atoms with Gasteiger partial charge in [-0.05, 0) is 62.8 Å². The van der Waals surface area contributed by atoms with Crippen LogP contribution in [0.3, 0.4) is 0 Å². The van der Waals surface area contributed by atoms with Crippen LogP contribution >= 0.6 is 23.2 Å². The highest BCUT2D eigenvalue weighted by atomic mass is 35.5. The Kier molecular flexibility index (Phi) is 7.84. The van der Waals surface area contributed by atoms with Gasteiger partial charge in [-0.25, -0.2) is 4.98 Å². The first kappa shape index (κ1) is 28.7. The number of benzene rings is 1. The highest BCUT2D eigenvalue weighted by Gasteiger charge is 2.43. The van der Waals surface area contributed by atoms with Gasteiger partial charge in [0, 0.05) is 33.0 Å². The zero-order chi connectivity index (χ0) is 28.0. The van der Waals surface area contributed by atoms with E-state index >= 15 is 0 Å². The van der Waals surface area contributed by atoms with Gasteiger partial charge in [-0.15, -0.1) is 11.6 Å². The number of aromatic amines is 1. The summed E-state index contributed by atoms with van der Waals surface area (Å²) in [6.07, 6.45) is -7.18. The highest BCUT2D eigenvalue weighted by molar-refractivity contribution is 6.31. The number of nitrogens with one attached hydrogen (secondary N) is 1. The second kappa shape index (κ2) is 10.4. The SMILES string of the molecule is CC(CCCC(C)(C)Cl)C[C@H]1c2[nH]c3ccc(Cl)cc3c2CCN1c1nc(C(F)(F)F)nc(C(F)(F)F)n1. The van der Waals surface area contributed by atoms with Gasteiger partial charge in [0.25, 0.3) is 0 Å². The minimum Gasteiger partial charge on any atom is -0.356 e. The average molecular weight is 582 g/mol. The van der Waals surface area contributed by atoms with Crippen LogP contribution in [0.15, 0.2) is 18.2 Å². The smallest absolute Gasteiger partial charge is 0.356 e. The molecule has 38 heavy (non-hydrogen) atoms. The molecule has 2 aromatic heterocycles. The Morgan fingerprint density at radius 1 is 1.05 bits per heavy atom. The van der Waals surface area contributed by atoms with Gasteiger partial charge >= 0.3 is 12.4 Å². The first-order valence-corrected chi connectivity index (χ1v) is 12.9. The summed E-state index contributed by atoms with van der Waals surface area (Å²) >= 11 is 12.5. The quantitative estimate of drug-likeness (QED) is 0.225. The number of rotatable bonds is 7. The molecular weight excluding hydrogens is 555 g/mol. The zero-order valence-electron chi connectivity index (χ0n) is 20.9. The summed E-state index contributed by atoms with van der Waals surface area (Å²) in [7, 11) is 0. The molecule has 0 aliphatic carbocycles. The zero-order valence-corrected chi connectivity index (χ0v) is 22.5. The lowest BCUT2D eigenvalue weighted by atomic mass is 9.88. The van der Waals surface area contributed by atoms with E-state index in [0.717, 1.165) is 35.7 Å². The molecule has 3 aromatic rings. The molecule has 1 unspecified atom stereocenters. The summed E-state index contributed by atoms with van der Waals surface area (Å²) in [5.74, 6) is -4.32. The van der Waals surface area contributed by atoms with E-state index in [-0.39, 0.29) is 17.3 Å². The lowest BCUT2D eigenvalue weighted by Gasteiger charge is -2.37. The van der Waals surface area contributed by atoms with Crippen LogP contribution in [-0.2, 0) is 18.8 Å². The van der Waals surface area contributed by atoms with Crippen LogP contribution in [-0.4, -0.2) is 31.4 Å². The Bertz CT molecular complexity index is 1270. The summed E-state index contributed by atoms with van der Waals surface area (Å²) < 4.78 is 81.0.